The summed E-state index contributed by atoms with van der Waals surface area (Å²) in [5.74, 6) is -0.0858. The Hall–Kier alpha value is -0.590. The molecule has 0 unspecified atom stereocenters. The minimum atomic E-state index is -0.0858. The van der Waals surface area contributed by atoms with Gasteiger partial charge in [0.25, 0.3) is 5.91 Å². The van der Waals surface area contributed by atoms with Gasteiger partial charge < -0.3 is 5.32 Å². The largest absolute Gasteiger partial charge is 0.351 e. The Kier molecular flexibility index (Phi) is 4.06. The summed E-state index contributed by atoms with van der Waals surface area (Å²) in [6.07, 6.45) is 2.56. The van der Waals surface area contributed by atoms with Crippen molar-refractivity contribution in [2.24, 2.45) is 0 Å². The second kappa shape index (κ2) is 5.13. The van der Waals surface area contributed by atoms with Gasteiger partial charge in [0.15, 0.2) is 0 Å². The number of rotatable bonds is 4. The molecule has 66 valence electrons. The van der Waals surface area contributed by atoms with Gasteiger partial charge in [-0.05, 0) is 12.5 Å². The van der Waals surface area contributed by atoms with Gasteiger partial charge in [0.2, 0.25) is 0 Å². The van der Waals surface area contributed by atoms with Crippen molar-refractivity contribution in [3.8, 4) is 0 Å². The van der Waals surface area contributed by atoms with Crippen LogP contribution in [0, 0.1) is 0 Å². The molecule has 2 N–H and O–H groups in total. The quantitative estimate of drug-likeness (QED) is 0.490. The highest BCUT2D eigenvalue weighted by Gasteiger charge is 2.03. The molecule has 1 heterocycles. The Balaban J connectivity index is 2.30. The standard InChI is InChI=1S/C7H10IN3O/c8-3-1-4-9-7(12)6-2-5-10-11-6/h2,5H,1,3-4H2,(H,9,12)(H,10,11). The van der Waals surface area contributed by atoms with Gasteiger partial charge in [0.1, 0.15) is 5.69 Å². The van der Waals surface area contributed by atoms with Crippen molar-refractivity contribution in [3.63, 3.8) is 0 Å². The van der Waals surface area contributed by atoms with Crippen LogP contribution in [0.15, 0.2) is 12.3 Å². The maximum absolute atomic E-state index is 11.2. The Bertz CT molecular complexity index is 235. The van der Waals surface area contributed by atoms with Crippen molar-refractivity contribution in [2.75, 3.05) is 11.0 Å². The average Bonchev–Trinajstić information content (AvgIpc) is 2.56. The van der Waals surface area contributed by atoms with E-state index in [9.17, 15) is 4.79 Å². The zero-order valence-electron chi connectivity index (χ0n) is 6.51. The van der Waals surface area contributed by atoms with Crippen LogP contribution in [0.4, 0.5) is 0 Å². The second-order valence-electron chi connectivity index (χ2n) is 2.27. The number of hydrogen-bond acceptors (Lipinski definition) is 2. The van der Waals surface area contributed by atoms with Crippen LogP contribution in [0.3, 0.4) is 0 Å². The molecule has 0 atom stereocenters. The summed E-state index contributed by atoms with van der Waals surface area (Å²) in [7, 11) is 0. The van der Waals surface area contributed by atoms with Crippen LogP contribution in [-0.2, 0) is 0 Å². The minimum absolute atomic E-state index is 0.0858. The molecule has 0 spiro atoms. The van der Waals surface area contributed by atoms with Gasteiger partial charge in [-0.1, -0.05) is 22.6 Å². The number of nitrogens with zero attached hydrogens (tertiary/aromatic N) is 1. The van der Waals surface area contributed by atoms with Crippen molar-refractivity contribution in [3.05, 3.63) is 18.0 Å². The summed E-state index contributed by atoms with van der Waals surface area (Å²) in [5.41, 5.74) is 0.517. The lowest BCUT2D eigenvalue weighted by Gasteiger charge is -1.99. The van der Waals surface area contributed by atoms with E-state index in [1.165, 1.54) is 0 Å². The van der Waals surface area contributed by atoms with Gasteiger partial charge in [0, 0.05) is 17.2 Å². The first-order valence-corrected chi connectivity index (χ1v) is 5.20. The highest BCUT2D eigenvalue weighted by molar-refractivity contribution is 14.1. The molecule has 0 bridgehead atoms. The van der Waals surface area contributed by atoms with E-state index in [0.29, 0.717) is 5.69 Å². The Morgan fingerprint density at radius 3 is 3.17 bits per heavy atom. The molecule has 4 nitrogen and oxygen atoms in total. The molecule has 0 radical (unpaired) electrons. The third-order valence-corrected chi connectivity index (χ3v) is 2.10. The van der Waals surface area contributed by atoms with Crippen molar-refractivity contribution in [1.29, 1.82) is 0 Å². The van der Waals surface area contributed by atoms with Gasteiger partial charge in [-0.3, -0.25) is 9.89 Å². The molecule has 0 fully saturated rings. The first-order valence-electron chi connectivity index (χ1n) is 3.68. The highest BCUT2D eigenvalue weighted by Crippen LogP contribution is 1.91. The van der Waals surface area contributed by atoms with Gasteiger partial charge in [-0.2, -0.15) is 5.10 Å². The Morgan fingerprint density at radius 1 is 1.75 bits per heavy atom. The summed E-state index contributed by atoms with van der Waals surface area (Å²) >= 11 is 2.28. The lowest BCUT2D eigenvalue weighted by molar-refractivity contribution is 0.0949. The summed E-state index contributed by atoms with van der Waals surface area (Å²) in [6, 6.07) is 1.65. The number of amides is 1. The van der Waals surface area contributed by atoms with E-state index in [1.54, 1.807) is 12.3 Å². The van der Waals surface area contributed by atoms with E-state index in [1.807, 2.05) is 0 Å². The van der Waals surface area contributed by atoms with E-state index in [4.69, 9.17) is 0 Å². The molecule has 0 aliphatic rings. The van der Waals surface area contributed by atoms with Gasteiger partial charge in [0.05, 0.1) is 0 Å². The van der Waals surface area contributed by atoms with Crippen LogP contribution >= 0.6 is 22.6 Å². The average molecular weight is 279 g/mol. The number of carbonyl (C=O) groups is 1. The Labute approximate surface area is 84.3 Å². The van der Waals surface area contributed by atoms with Crippen LogP contribution in [0.1, 0.15) is 16.9 Å². The number of halogens is 1. The molecule has 0 aromatic carbocycles. The molecule has 0 aliphatic heterocycles. The Morgan fingerprint density at radius 2 is 2.58 bits per heavy atom. The molecular formula is C7H10IN3O. The predicted molar refractivity (Wildman–Crippen MR) is 54.4 cm³/mol. The van der Waals surface area contributed by atoms with E-state index in [0.717, 1.165) is 17.4 Å². The normalized spacial score (nSPS) is 9.75. The van der Waals surface area contributed by atoms with Crippen molar-refractivity contribution >= 4 is 28.5 Å². The molecule has 0 aliphatic carbocycles. The third kappa shape index (κ3) is 2.80. The van der Waals surface area contributed by atoms with Crippen molar-refractivity contribution in [1.82, 2.24) is 15.5 Å². The van der Waals surface area contributed by atoms with Crippen LogP contribution in [0.2, 0.25) is 0 Å². The van der Waals surface area contributed by atoms with Crippen LogP contribution in [-0.4, -0.2) is 27.1 Å². The molecule has 0 saturated heterocycles. The number of hydrogen-bond donors (Lipinski definition) is 2. The number of nitrogens with one attached hydrogen (secondary N) is 2. The predicted octanol–water partition coefficient (Wildman–Crippen LogP) is 0.965. The van der Waals surface area contributed by atoms with E-state index >= 15 is 0 Å². The lowest BCUT2D eigenvalue weighted by atomic mass is 10.4. The van der Waals surface area contributed by atoms with Gasteiger partial charge in [-0.25, -0.2) is 0 Å². The molecule has 1 aromatic heterocycles. The van der Waals surface area contributed by atoms with Gasteiger partial charge in [-0.15, -0.1) is 0 Å². The van der Waals surface area contributed by atoms with E-state index in [2.05, 4.69) is 38.1 Å². The summed E-state index contributed by atoms with van der Waals surface area (Å²) in [4.78, 5) is 11.2. The molecule has 5 heteroatoms. The molecule has 1 rings (SSSR count). The zero-order valence-corrected chi connectivity index (χ0v) is 8.67. The minimum Gasteiger partial charge on any atom is -0.351 e. The maximum Gasteiger partial charge on any atom is 0.269 e. The van der Waals surface area contributed by atoms with Crippen LogP contribution < -0.4 is 5.32 Å². The van der Waals surface area contributed by atoms with Crippen molar-refractivity contribution < 1.29 is 4.79 Å². The highest BCUT2D eigenvalue weighted by atomic mass is 127. The number of aromatic amines is 1. The summed E-state index contributed by atoms with van der Waals surface area (Å²) in [6.45, 7) is 0.723. The third-order valence-electron chi connectivity index (χ3n) is 1.34. The fraction of sp³-hybridized carbons (Fsp3) is 0.429. The first kappa shape index (κ1) is 9.50. The van der Waals surface area contributed by atoms with E-state index < -0.39 is 0 Å². The topological polar surface area (TPSA) is 57.8 Å². The SMILES string of the molecule is O=C(NCCCI)c1ccn[nH]1. The fourth-order valence-electron chi connectivity index (χ4n) is 0.746. The molecule has 0 saturated carbocycles. The molecular weight excluding hydrogens is 269 g/mol. The smallest absolute Gasteiger partial charge is 0.269 e. The number of H-pyrrole nitrogens is 1. The first-order chi connectivity index (χ1) is 5.84. The van der Waals surface area contributed by atoms with Crippen molar-refractivity contribution in [2.45, 2.75) is 6.42 Å². The maximum atomic E-state index is 11.2. The van der Waals surface area contributed by atoms with E-state index in [-0.39, 0.29) is 5.91 Å². The molecule has 1 amide bonds. The van der Waals surface area contributed by atoms with Crippen LogP contribution in [0.25, 0.3) is 0 Å². The fourth-order valence-corrected chi connectivity index (χ4v) is 1.13. The summed E-state index contributed by atoms with van der Waals surface area (Å²) < 4.78 is 1.06. The van der Waals surface area contributed by atoms with Crippen LogP contribution in [0.5, 0.6) is 0 Å². The molecule has 1 aromatic rings. The number of carbonyl (C=O) groups excluding carboxylic acids is 1. The monoisotopic (exact) mass is 279 g/mol. The molecule has 12 heavy (non-hydrogen) atoms. The second-order valence-corrected chi connectivity index (χ2v) is 3.35. The number of alkyl halides is 1. The lowest BCUT2D eigenvalue weighted by Crippen LogP contribution is -2.24. The zero-order chi connectivity index (χ0) is 8.81. The number of aromatic nitrogens is 2. The summed E-state index contributed by atoms with van der Waals surface area (Å²) in [5, 5.41) is 9.06. The van der Waals surface area contributed by atoms with Gasteiger partial charge >= 0.3 is 0 Å².